The molecule has 0 aromatic rings. The van der Waals surface area contributed by atoms with E-state index in [-0.39, 0.29) is 5.25 Å². The van der Waals surface area contributed by atoms with Gasteiger partial charge in [-0.2, -0.15) is 0 Å². The Hall–Kier alpha value is 0.840. The van der Waals surface area contributed by atoms with Crippen molar-refractivity contribution in [2.24, 2.45) is 0 Å². The van der Waals surface area contributed by atoms with E-state index < -0.39 is 7.29 Å². The molecule has 0 aliphatic rings. The summed E-state index contributed by atoms with van der Waals surface area (Å²) in [6.45, 7) is 3.90. The molecule has 8 heavy (non-hydrogen) atoms. The smallest absolute Gasteiger partial charge is 0.0268 e. The molecule has 0 atom stereocenters. The van der Waals surface area contributed by atoms with Crippen LogP contribution in [0.4, 0.5) is 0 Å². The van der Waals surface area contributed by atoms with Crippen LogP contribution >= 0.6 is 21.2 Å². The average molecular weight is 249 g/mol. The molecule has 0 heterocycles. The summed E-state index contributed by atoms with van der Waals surface area (Å²) >= 11 is 1.97. The fourth-order valence-corrected chi connectivity index (χ4v) is 0.775. The van der Waals surface area contributed by atoms with Crippen LogP contribution in [0.3, 0.4) is 0 Å². The van der Waals surface area contributed by atoms with E-state index in [0.29, 0.717) is 0 Å². The molecule has 0 fully saturated rings. The van der Waals surface area contributed by atoms with Crippen LogP contribution in [0.1, 0.15) is 13.8 Å². The monoisotopic (exact) mass is 249 g/mol. The summed E-state index contributed by atoms with van der Waals surface area (Å²) in [6, 6.07) is 0. The number of hydrogen-bond donors (Lipinski definition) is 2. The van der Waals surface area contributed by atoms with Crippen molar-refractivity contribution in [2.45, 2.75) is 19.1 Å². The third-order valence-corrected chi connectivity index (χ3v) is 7.70. The normalized spacial score (nSPS) is 14.6. The van der Waals surface area contributed by atoms with Gasteiger partial charge in [-0.15, -0.1) is 0 Å². The molecule has 2 nitrogen and oxygen atoms in total. The maximum Gasteiger partial charge on any atom is 0.0268 e. The van der Waals surface area contributed by atoms with Gasteiger partial charge in [0, 0.05) is 26.5 Å². The number of hydrogen-bond acceptors (Lipinski definition) is 1. The third-order valence-electron chi connectivity index (χ3n) is 0.969. The highest BCUT2D eigenvalue weighted by atomic mass is 127. The van der Waals surface area contributed by atoms with E-state index in [1.54, 1.807) is 7.05 Å². The molecular formula is C4H12INOS. The molecule has 0 rings (SSSR count). The summed E-state index contributed by atoms with van der Waals surface area (Å²) in [5.41, 5.74) is 0. The van der Waals surface area contributed by atoms with Gasteiger partial charge in [-0.3, -0.25) is 8.93 Å². The van der Waals surface area contributed by atoms with Crippen molar-refractivity contribution in [3.05, 3.63) is 0 Å². The molecule has 0 aromatic heterocycles. The summed E-state index contributed by atoms with van der Waals surface area (Å²) in [7, 11) is -0.296. The topological polar surface area (TPSA) is 29.1 Å². The van der Waals surface area contributed by atoms with E-state index in [2.05, 4.69) is 4.72 Å². The lowest BCUT2D eigenvalue weighted by atomic mass is 10.6. The van der Waals surface area contributed by atoms with Crippen molar-refractivity contribution in [3.63, 3.8) is 0 Å². The second kappa shape index (κ2) is 3.12. The first-order valence-electron chi connectivity index (χ1n) is 2.49. The van der Waals surface area contributed by atoms with Crippen molar-refractivity contribution in [1.29, 1.82) is 0 Å². The molecule has 0 aromatic carbocycles. The van der Waals surface area contributed by atoms with Crippen LogP contribution in [-0.2, 0) is 7.29 Å². The van der Waals surface area contributed by atoms with E-state index in [1.807, 2.05) is 35.1 Å². The molecular weight excluding hydrogens is 237 g/mol. The van der Waals surface area contributed by atoms with Crippen molar-refractivity contribution in [2.75, 3.05) is 7.05 Å². The summed E-state index contributed by atoms with van der Waals surface area (Å²) in [5, 5.41) is 0.244. The summed E-state index contributed by atoms with van der Waals surface area (Å²) in [4.78, 5) is 0. The van der Waals surface area contributed by atoms with Crippen LogP contribution in [-0.4, -0.2) is 16.5 Å². The summed E-state index contributed by atoms with van der Waals surface area (Å²) in [6.07, 6.45) is 0. The van der Waals surface area contributed by atoms with E-state index in [4.69, 9.17) is 0 Å². The predicted molar refractivity (Wildman–Crippen MR) is 47.8 cm³/mol. The quantitative estimate of drug-likeness (QED) is 0.425. The molecule has 0 aliphatic carbocycles. The van der Waals surface area contributed by atoms with Gasteiger partial charge in [-0.05, 0) is 14.3 Å². The van der Waals surface area contributed by atoms with Crippen LogP contribution in [0, 0.1) is 0 Å². The minimum atomic E-state index is -2.03. The standard InChI is InChI=1S/C4H12INOS/c1-4(2)8(5,7)6-3/h4,8H,1-3H3,(H,6,7). The Labute approximate surface area is 63.6 Å². The molecule has 0 saturated carbocycles. The van der Waals surface area contributed by atoms with Gasteiger partial charge in [0.1, 0.15) is 0 Å². The first kappa shape index (κ1) is 8.84. The van der Waals surface area contributed by atoms with Crippen molar-refractivity contribution < 1.29 is 4.21 Å². The minimum Gasteiger partial charge on any atom is -0.261 e. The minimum absolute atomic E-state index is 0.244. The lowest BCUT2D eigenvalue weighted by Crippen LogP contribution is -2.28. The number of nitrogens with one attached hydrogen (secondary N) is 1. The van der Waals surface area contributed by atoms with Crippen LogP contribution in [0.25, 0.3) is 0 Å². The molecule has 0 aliphatic heterocycles. The van der Waals surface area contributed by atoms with Crippen LogP contribution in [0.5, 0.6) is 0 Å². The molecule has 0 bridgehead atoms. The predicted octanol–water partition coefficient (Wildman–Crippen LogP) is 0.896. The third kappa shape index (κ3) is 2.41. The lowest BCUT2D eigenvalue weighted by Gasteiger charge is -2.18. The van der Waals surface area contributed by atoms with Crippen molar-refractivity contribution in [1.82, 2.24) is 4.72 Å². The maximum atomic E-state index is 11.2. The highest BCUT2D eigenvalue weighted by Crippen LogP contribution is 2.15. The van der Waals surface area contributed by atoms with Gasteiger partial charge < -0.3 is 0 Å². The fourth-order valence-electron chi connectivity index (χ4n) is 0.258. The Balaban J connectivity index is 3.93. The first-order valence-corrected chi connectivity index (χ1v) is 7.05. The van der Waals surface area contributed by atoms with Gasteiger partial charge >= 0.3 is 0 Å². The zero-order chi connectivity index (χ0) is 6.78. The van der Waals surface area contributed by atoms with E-state index in [1.165, 1.54) is 0 Å². The summed E-state index contributed by atoms with van der Waals surface area (Å²) < 4.78 is 13.9. The number of thiol groups is 1. The lowest BCUT2D eigenvalue weighted by molar-refractivity contribution is 0.669. The van der Waals surface area contributed by atoms with E-state index >= 15 is 0 Å². The molecule has 1 N–H and O–H groups in total. The summed E-state index contributed by atoms with van der Waals surface area (Å²) in [5.74, 6) is 0. The highest BCUT2D eigenvalue weighted by Gasteiger charge is 2.10. The Morgan fingerprint density at radius 3 is 2.00 bits per heavy atom. The second-order valence-electron chi connectivity index (χ2n) is 1.89. The zero-order valence-corrected chi connectivity index (χ0v) is 8.36. The number of rotatable bonds is 2. The Bertz CT molecular complexity index is 115. The van der Waals surface area contributed by atoms with Crippen LogP contribution < -0.4 is 4.72 Å². The SMILES string of the molecule is CN[SH](=O)(I)C(C)C. The van der Waals surface area contributed by atoms with Gasteiger partial charge in [-0.25, -0.2) is 0 Å². The Morgan fingerprint density at radius 2 is 2.00 bits per heavy atom. The van der Waals surface area contributed by atoms with Crippen LogP contribution in [0.15, 0.2) is 0 Å². The highest BCUT2D eigenvalue weighted by molar-refractivity contribution is 14.2. The molecule has 0 saturated heterocycles. The first-order chi connectivity index (χ1) is 3.50. The average Bonchev–Trinajstić information content (AvgIpc) is 1.67. The van der Waals surface area contributed by atoms with E-state index in [9.17, 15) is 4.21 Å². The molecule has 0 spiro atoms. The second-order valence-corrected chi connectivity index (χ2v) is 8.83. The molecule has 4 heteroatoms. The fraction of sp³-hybridized carbons (Fsp3) is 1.00. The Morgan fingerprint density at radius 1 is 1.62 bits per heavy atom. The largest absolute Gasteiger partial charge is 0.261 e. The maximum absolute atomic E-state index is 11.2. The molecule has 0 amide bonds. The van der Waals surface area contributed by atoms with Gasteiger partial charge in [-0.1, -0.05) is 13.8 Å². The Kier molecular flexibility index (Phi) is 3.45. The zero-order valence-electron chi connectivity index (χ0n) is 5.31. The molecule has 0 unspecified atom stereocenters. The molecule has 52 valence electrons. The number of halogens is 1. The van der Waals surface area contributed by atoms with Crippen molar-refractivity contribution >= 4 is 28.5 Å². The van der Waals surface area contributed by atoms with Gasteiger partial charge in [0.15, 0.2) is 0 Å². The molecule has 0 radical (unpaired) electrons. The van der Waals surface area contributed by atoms with Gasteiger partial charge in [0.2, 0.25) is 0 Å². The van der Waals surface area contributed by atoms with Gasteiger partial charge in [0.05, 0.1) is 0 Å². The van der Waals surface area contributed by atoms with Gasteiger partial charge in [0.25, 0.3) is 0 Å². The van der Waals surface area contributed by atoms with E-state index in [0.717, 1.165) is 0 Å². The van der Waals surface area contributed by atoms with Crippen LogP contribution in [0.2, 0.25) is 0 Å². The van der Waals surface area contributed by atoms with Crippen molar-refractivity contribution in [3.8, 4) is 0 Å².